The summed E-state index contributed by atoms with van der Waals surface area (Å²) < 4.78 is 5.81. The second-order valence-corrected chi connectivity index (χ2v) is 4.83. The number of para-hydroxylation sites is 1. The minimum atomic E-state index is 0.250. The molecule has 1 aliphatic rings. The van der Waals surface area contributed by atoms with Crippen molar-refractivity contribution in [2.75, 3.05) is 26.2 Å². The maximum atomic E-state index is 11.5. The lowest BCUT2D eigenvalue weighted by atomic mass is 10.1. The van der Waals surface area contributed by atoms with Crippen LogP contribution in [0.4, 0.5) is 0 Å². The Balaban J connectivity index is 1.83. The molecular formula is C15H22N2O2. The molecule has 0 bridgehead atoms. The molecule has 1 aromatic carbocycles. The van der Waals surface area contributed by atoms with E-state index in [9.17, 15) is 4.79 Å². The summed E-state index contributed by atoms with van der Waals surface area (Å²) in [6.45, 7) is 2.81. The minimum Gasteiger partial charge on any atom is -0.491 e. The smallest absolute Gasteiger partial charge is 0.222 e. The molecule has 0 aromatic heterocycles. The largest absolute Gasteiger partial charge is 0.491 e. The Morgan fingerprint density at radius 1 is 1.32 bits per heavy atom. The summed E-state index contributed by atoms with van der Waals surface area (Å²) in [6.07, 6.45) is 3.57. The third kappa shape index (κ3) is 3.96. The maximum Gasteiger partial charge on any atom is 0.222 e. The number of likely N-dealkylation sites (tertiary alicyclic amines) is 1. The number of rotatable bonds is 7. The van der Waals surface area contributed by atoms with E-state index < -0.39 is 0 Å². The molecule has 1 aliphatic heterocycles. The van der Waals surface area contributed by atoms with Gasteiger partial charge >= 0.3 is 0 Å². The van der Waals surface area contributed by atoms with Crippen LogP contribution in [0.5, 0.6) is 5.75 Å². The number of benzene rings is 1. The maximum absolute atomic E-state index is 11.5. The van der Waals surface area contributed by atoms with Crippen LogP contribution >= 0.6 is 0 Å². The highest BCUT2D eigenvalue weighted by Crippen LogP contribution is 2.19. The van der Waals surface area contributed by atoms with Gasteiger partial charge in [-0.2, -0.15) is 0 Å². The number of hydrogen-bond acceptors (Lipinski definition) is 3. The monoisotopic (exact) mass is 262 g/mol. The number of ether oxygens (including phenoxy) is 1. The van der Waals surface area contributed by atoms with E-state index in [0.717, 1.165) is 31.6 Å². The van der Waals surface area contributed by atoms with Gasteiger partial charge in [0, 0.05) is 13.0 Å². The van der Waals surface area contributed by atoms with Crippen molar-refractivity contribution in [1.29, 1.82) is 0 Å². The van der Waals surface area contributed by atoms with Crippen molar-refractivity contribution < 1.29 is 9.53 Å². The van der Waals surface area contributed by atoms with E-state index in [1.165, 1.54) is 5.56 Å². The lowest BCUT2D eigenvalue weighted by Crippen LogP contribution is -2.29. The Hall–Kier alpha value is -1.55. The van der Waals surface area contributed by atoms with Crippen LogP contribution in [0.1, 0.15) is 24.8 Å². The number of carbonyl (C=O) groups excluding carboxylic acids is 1. The van der Waals surface area contributed by atoms with Crippen molar-refractivity contribution >= 4 is 5.91 Å². The second kappa shape index (κ2) is 7.14. The predicted octanol–water partition coefficient (Wildman–Crippen LogP) is 1.58. The number of hydrogen-bond donors (Lipinski definition) is 1. The first-order valence-corrected chi connectivity index (χ1v) is 7.00. The molecule has 2 rings (SSSR count). The van der Waals surface area contributed by atoms with E-state index in [2.05, 4.69) is 6.07 Å². The molecule has 0 radical (unpaired) electrons. The SMILES string of the molecule is NCCCc1ccccc1OCCN1CCCC1=O. The lowest BCUT2D eigenvalue weighted by molar-refractivity contribution is -0.128. The van der Waals surface area contributed by atoms with Crippen molar-refractivity contribution in [3.63, 3.8) is 0 Å². The third-order valence-corrected chi connectivity index (χ3v) is 3.41. The Kier molecular flexibility index (Phi) is 5.21. The topological polar surface area (TPSA) is 55.6 Å². The molecule has 4 nitrogen and oxygen atoms in total. The number of amides is 1. The summed E-state index contributed by atoms with van der Waals surface area (Å²) in [5.41, 5.74) is 6.73. The van der Waals surface area contributed by atoms with Crippen molar-refractivity contribution in [2.45, 2.75) is 25.7 Å². The minimum absolute atomic E-state index is 0.250. The lowest BCUT2D eigenvalue weighted by Gasteiger charge is -2.17. The van der Waals surface area contributed by atoms with Gasteiger partial charge in [0.1, 0.15) is 12.4 Å². The van der Waals surface area contributed by atoms with Crippen molar-refractivity contribution in [1.82, 2.24) is 4.90 Å². The van der Waals surface area contributed by atoms with Gasteiger partial charge in [-0.15, -0.1) is 0 Å². The zero-order valence-electron chi connectivity index (χ0n) is 11.3. The summed E-state index contributed by atoms with van der Waals surface area (Å²) in [5.74, 6) is 1.17. The first-order chi connectivity index (χ1) is 9.31. The molecule has 4 heteroatoms. The number of carbonyl (C=O) groups is 1. The summed E-state index contributed by atoms with van der Waals surface area (Å²) >= 11 is 0. The molecule has 1 fully saturated rings. The van der Waals surface area contributed by atoms with E-state index >= 15 is 0 Å². The summed E-state index contributed by atoms with van der Waals surface area (Å²) in [6, 6.07) is 8.05. The normalized spacial score (nSPS) is 15.0. The van der Waals surface area contributed by atoms with Crippen LogP contribution in [0, 0.1) is 0 Å². The highest BCUT2D eigenvalue weighted by molar-refractivity contribution is 5.78. The van der Waals surface area contributed by atoms with Crippen molar-refractivity contribution in [3.8, 4) is 5.75 Å². The Morgan fingerprint density at radius 2 is 2.16 bits per heavy atom. The van der Waals surface area contributed by atoms with Gasteiger partial charge in [-0.3, -0.25) is 4.79 Å². The molecule has 1 saturated heterocycles. The molecule has 1 amide bonds. The molecule has 19 heavy (non-hydrogen) atoms. The molecular weight excluding hydrogens is 240 g/mol. The fraction of sp³-hybridized carbons (Fsp3) is 0.533. The second-order valence-electron chi connectivity index (χ2n) is 4.83. The number of nitrogens with two attached hydrogens (primary N) is 1. The Labute approximate surface area is 114 Å². The van der Waals surface area contributed by atoms with Crippen LogP contribution in [0.15, 0.2) is 24.3 Å². The van der Waals surface area contributed by atoms with Crippen LogP contribution in [-0.4, -0.2) is 37.0 Å². The molecule has 1 aromatic rings. The van der Waals surface area contributed by atoms with Crippen LogP contribution in [0.25, 0.3) is 0 Å². The summed E-state index contributed by atoms with van der Waals surface area (Å²) in [7, 11) is 0. The molecule has 0 atom stereocenters. The van der Waals surface area contributed by atoms with Gasteiger partial charge in [0.05, 0.1) is 6.54 Å². The van der Waals surface area contributed by atoms with Crippen molar-refractivity contribution in [3.05, 3.63) is 29.8 Å². The highest BCUT2D eigenvalue weighted by Gasteiger charge is 2.19. The van der Waals surface area contributed by atoms with Crippen LogP contribution in [0.2, 0.25) is 0 Å². The predicted molar refractivity (Wildman–Crippen MR) is 75.1 cm³/mol. The zero-order valence-corrected chi connectivity index (χ0v) is 11.3. The fourth-order valence-electron chi connectivity index (χ4n) is 2.35. The van der Waals surface area contributed by atoms with E-state index in [1.54, 1.807) is 0 Å². The van der Waals surface area contributed by atoms with Gasteiger partial charge in [-0.25, -0.2) is 0 Å². The van der Waals surface area contributed by atoms with E-state index in [4.69, 9.17) is 10.5 Å². The average molecular weight is 262 g/mol. The third-order valence-electron chi connectivity index (χ3n) is 3.41. The molecule has 0 saturated carbocycles. The van der Waals surface area contributed by atoms with E-state index in [1.807, 2.05) is 23.1 Å². The first-order valence-electron chi connectivity index (χ1n) is 7.00. The van der Waals surface area contributed by atoms with E-state index in [0.29, 0.717) is 26.1 Å². The van der Waals surface area contributed by atoms with Gasteiger partial charge in [0.15, 0.2) is 0 Å². The standard InChI is InChI=1S/C15H22N2O2/c16-9-3-6-13-5-1-2-7-14(13)19-12-11-17-10-4-8-15(17)18/h1-2,5,7H,3-4,6,8-12,16H2. The van der Waals surface area contributed by atoms with Gasteiger partial charge < -0.3 is 15.4 Å². The summed E-state index contributed by atoms with van der Waals surface area (Å²) in [5, 5.41) is 0. The van der Waals surface area contributed by atoms with Crippen LogP contribution in [0.3, 0.4) is 0 Å². The molecule has 0 unspecified atom stereocenters. The molecule has 0 spiro atoms. The van der Waals surface area contributed by atoms with Crippen LogP contribution in [-0.2, 0) is 11.2 Å². The first kappa shape index (κ1) is 13.9. The Morgan fingerprint density at radius 3 is 2.89 bits per heavy atom. The molecule has 0 aliphatic carbocycles. The van der Waals surface area contributed by atoms with Gasteiger partial charge in [0.2, 0.25) is 5.91 Å². The molecule has 1 heterocycles. The average Bonchev–Trinajstić information content (AvgIpc) is 2.83. The van der Waals surface area contributed by atoms with Crippen LogP contribution < -0.4 is 10.5 Å². The van der Waals surface area contributed by atoms with Gasteiger partial charge in [-0.05, 0) is 37.4 Å². The van der Waals surface area contributed by atoms with E-state index in [-0.39, 0.29) is 5.91 Å². The summed E-state index contributed by atoms with van der Waals surface area (Å²) in [4.78, 5) is 13.4. The number of nitrogens with zero attached hydrogens (tertiary/aromatic N) is 1. The fourth-order valence-corrected chi connectivity index (χ4v) is 2.35. The molecule has 104 valence electrons. The highest BCUT2D eigenvalue weighted by atomic mass is 16.5. The van der Waals surface area contributed by atoms with Gasteiger partial charge in [-0.1, -0.05) is 18.2 Å². The zero-order chi connectivity index (χ0) is 13.5. The van der Waals surface area contributed by atoms with Gasteiger partial charge in [0.25, 0.3) is 0 Å². The molecule has 2 N–H and O–H groups in total. The Bertz CT molecular complexity index is 420. The number of aryl methyl sites for hydroxylation is 1. The quantitative estimate of drug-likeness (QED) is 0.811. The van der Waals surface area contributed by atoms with Crippen molar-refractivity contribution in [2.24, 2.45) is 5.73 Å².